The maximum Gasteiger partial charge on any atom is 0.238 e. The van der Waals surface area contributed by atoms with Gasteiger partial charge in [0.2, 0.25) is 5.91 Å². The highest BCUT2D eigenvalue weighted by atomic mass is 32.2. The minimum Gasteiger partial charge on any atom is -0.379 e. The van der Waals surface area contributed by atoms with Crippen molar-refractivity contribution in [1.29, 1.82) is 0 Å². The molecule has 1 aromatic rings. The van der Waals surface area contributed by atoms with Gasteiger partial charge in [0.1, 0.15) is 5.41 Å². The molecular formula is C13H18N2O2S. The van der Waals surface area contributed by atoms with Crippen molar-refractivity contribution < 1.29 is 9.53 Å². The number of hydrogen-bond donors (Lipinski definition) is 1. The van der Waals surface area contributed by atoms with E-state index in [1.165, 1.54) is 4.90 Å². The summed E-state index contributed by atoms with van der Waals surface area (Å²) in [5.41, 5.74) is 6.07. The minimum absolute atomic E-state index is 0.0353. The number of benzene rings is 1. The summed E-state index contributed by atoms with van der Waals surface area (Å²) < 4.78 is 5.14. The quantitative estimate of drug-likeness (QED) is 0.836. The number of anilines is 1. The Balaban J connectivity index is 2.14. The SMILES string of the molecule is CSc1ccc(N(C)C(=O)C2(CN)COC2)cc1. The average molecular weight is 266 g/mol. The minimum atomic E-state index is -0.521. The number of hydrogen-bond acceptors (Lipinski definition) is 4. The molecular weight excluding hydrogens is 248 g/mol. The molecule has 18 heavy (non-hydrogen) atoms. The molecule has 2 N–H and O–H groups in total. The van der Waals surface area contributed by atoms with Gasteiger partial charge in [0.25, 0.3) is 0 Å². The third kappa shape index (κ3) is 2.25. The van der Waals surface area contributed by atoms with Gasteiger partial charge in [-0.05, 0) is 30.5 Å². The lowest BCUT2D eigenvalue weighted by molar-refractivity contribution is -0.156. The molecule has 0 radical (unpaired) electrons. The van der Waals surface area contributed by atoms with Gasteiger partial charge in [-0.15, -0.1) is 11.8 Å². The van der Waals surface area contributed by atoms with Crippen LogP contribution in [-0.4, -0.2) is 39.0 Å². The summed E-state index contributed by atoms with van der Waals surface area (Å²) in [4.78, 5) is 15.2. The highest BCUT2D eigenvalue weighted by Gasteiger charge is 2.46. The van der Waals surface area contributed by atoms with Gasteiger partial charge in [0, 0.05) is 24.2 Å². The molecule has 1 heterocycles. The molecule has 0 unspecified atom stereocenters. The van der Waals surface area contributed by atoms with E-state index in [-0.39, 0.29) is 5.91 Å². The lowest BCUT2D eigenvalue weighted by Crippen LogP contribution is -2.58. The van der Waals surface area contributed by atoms with Crippen LogP contribution in [0.4, 0.5) is 5.69 Å². The number of amides is 1. The molecule has 0 saturated carbocycles. The zero-order chi connectivity index (χ0) is 13.2. The van der Waals surface area contributed by atoms with Crippen molar-refractivity contribution >= 4 is 23.4 Å². The summed E-state index contributed by atoms with van der Waals surface area (Å²) in [6.45, 7) is 1.18. The molecule has 0 aromatic heterocycles. The van der Waals surface area contributed by atoms with Crippen molar-refractivity contribution in [2.45, 2.75) is 4.90 Å². The number of ether oxygens (including phenoxy) is 1. The topological polar surface area (TPSA) is 55.6 Å². The normalized spacial score (nSPS) is 17.1. The molecule has 1 amide bonds. The van der Waals surface area contributed by atoms with Crippen LogP contribution in [0.2, 0.25) is 0 Å². The molecule has 5 heteroatoms. The average Bonchev–Trinajstić information content (AvgIpc) is 2.37. The van der Waals surface area contributed by atoms with E-state index >= 15 is 0 Å². The van der Waals surface area contributed by atoms with Crippen molar-refractivity contribution in [1.82, 2.24) is 0 Å². The Labute approximate surface area is 111 Å². The van der Waals surface area contributed by atoms with E-state index in [4.69, 9.17) is 10.5 Å². The van der Waals surface area contributed by atoms with Gasteiger partial charge in [0.05, 0.1) is 13.2 Å². The lowest BCUT2D eigenvalue weighted by atomic mass is 9.84. The number of thioether (sulfide) groups is 1. The fraction of sp³-hybridized carbons (Fsp3) is 0.462. The molecule has 98 valence electrons. The maximum absolute atomic E-state index is 12.4. The molecule has 1 saturated heterocycles. The van der Waals surface area contributed by atoms with Crippen LogP contribution >= 0.6 is 11.8 Å². The van der Waals surface area contributed by atoms with Crippen molar-refractivity contribution in [3.05, 3.63) is 24.3 Å². The molecule has 1 aliphatic heterocycles. The summed E-state index contributed by atoms with van der Waals surface area (Å²) in [6.07, 6.45) is 2.03. The predicted octanol–water partition coefficient (Wildman–Crippen LogP) is 1.35. The first kappa shape index (κ1) is 13.4. The van der Waals surface area contributed by atoms with E-state index in [2.05, 4.69) is 0 Å². The summed E-state index contributed by atoms with van der Waals surface area (Å²) in [5, 5.41) is 0. The third-order valence-corrected chi connectivity index (χ3v) is 4.11. The molecule has 0 spiro atoms. The Morgan fingerprint density at radius 1 is 1.44 bits per heavy atom. The Morgan fingerprint density at radius 2 is 2.06 bits per heavy atom. The smallest absolute Gasteiger partial charge is 0.238 e. The molecule has 1 aliphatic rings. The maximum atomic E-state index is 12.4. The molecule has 4 nitrogen and oxygen atoms in total. The van der Waals surface area contributed by atoms with Crippen LogP contribution in [-0.2, 0) is 9.53 Å². The monoisotopic (exact) mass is 266 g/mol. The second kappa shape index (κ2) is 5.30. The Morgan fingerprint density at radius 3 is 2.44 bits per heavy atom. The third-order valence-electron chi connectivity index (χ3n) is 3.37. The van der Waals surface area contributed by atoms with Crippen LogP contribution in [0.3, 0.4) is 0 Å². The predicted molar refractivity (Wildman–Crippen MR) is 73.9 cm³/mol. The second-order valence-electron chi connectivity index (χ2n) is 4.54. The first-order valence-electron chi connectivity index (χ1n) is 5.83. The van der Waals surface area contributed by atoms with Crippen molar-refractivity contribution in [2.75, 3.05) is 38.0 Å². The molecule has 0 atom stereocenters. The van der Waals surface area contributed by atoms with Gasteiger partial charge in [-0.25, -0.2) is 0 Å². The van der Waals surface area contributed by atoms with E-state index in [9.17, 15) is 4.79 Å². The first-order valence-corrected chi connectivity index (χ1v) is 7.05. The van der Waals surface area contributed by atoms with E-state index < -0.39 is 5.41 Å². The van der Waals surface area contributed by atoms with E-state index in [0.29, 0.717) is 19.8 Å². The standard InChI is InChI=1S/C13H18N2O2S/c1-15(10-3-5-11(18-2)6-4-10)12(16)13(7-14)8-17-9-13/h3-6H,7-9,14H2,1-2H3. The van der Waals surface area contributed by atoms with Gasteiger partial charge in [-0.2, -0.15) is 0 Å². The van der Waals surface area contributed by atoms with Gasteiger partial charge in [-0.1, -0.05) is 0 Å². The number of nitrogens with zero attached hydrogens (tertiary/aromatic N) is 1. The van der Waals surface area contributed by atoms with E-state index in [1.54, 1.807) is 23.7 Å². The Hall–Kier alpha value is -1.04. The Bertz CT molecular complexity index is 424. The van der Waals surface area contributed by atoms with Gasteiger partial charge in [0.15, 0.2) is 0 Å². The molecule has 0 aliphatic carbocycles. The number of nitrogens with two attached hydrogens (primary N) is 1. The van der Waals surface area contributed by atoms with Crippen LogP contribution in [0, 0.1) is 5.41 Å². The number of carbonyl (C=O) groups excluding carboxylic acids is 1. The van der Waals surface area contributed by atoms with E-state index in [1.807, 2.05) is 30.5 Å². The first-order chi connectivity index (χ1) is 8.63. The number of carbonyl (C=O) groups is 1. The van der Waals surface area contributed by atoms with Crippen LogP contribution in [0.25, 0.3) is 0 Å². The van der Waals surface area contributed by atoms with Crippen molar-refractivity contribution in [2.24, 2.45) is 11.1 Å². The largest absolute Gasteiger partial charge is 0.379 e. The molecule has 1 aromatic carbocycles. The fourth-order valence-electron chi connectivity index (χ4n) is 1.96. The van der Waals surface area contributed by atoms with E-state index in [0.717, 1.165) is 5.69 Å². The number of rotatable bonds is 4. The van der Waals surface area contributed by atoms with Crippen LogP contribution < -0.4 is 10.6 Å². The zero-order valence-corrected chi connectivity index (χ0v) is 11.5. The highest BCUT2D eigenvalue weighted by molar-refractivity contribution is 7.98. The Kier molecular flexibility index (Phi) is 3.94. The zero-order valence-electron chi connectivity index (χ0n) is 10.7. The second-order valence-corrected chi connectivity index (χ2v) is 5.42. The molecule has 1 fully saturated rings. The highest BCUT2D eigenvalue weighted by Crippen LogP contribution is 2.30. The summed E-state index contributed by atoms with van der Waals surface area (Å²) >= 11 is 1.68. The van der Waals surface area contributed by atoms with Crippen molar-refractivity contribution in [3.8, 4) is 0 Å². The molecule has 2 rings (SSSR count). The van der Waals surface area contributed by atoms with Gasteiger partial charge in [-0.3, -0.25) is 4.79 Å². The van der Waals surface area contributed by atoms with Crippen LogP contribution in [0.5, 0.6) is 0 Å². The summed E-state index contributed by atoms with van der Waals surface area (Å²) in [5.74, 6) is 0.0353. The molecule has 0 bridgehead atoms. The summed E-state index contributed by atoms with van der Waals surface area (Å²) in [6, 6.07) is 7.92. The van der Waals surface area contributed by atoms with Crippen LogP contribution in [0.15, 0.2) is 29.2 Å². The van der Waals surface area contributed by atoms with Crippen molar-refractivity contribution in [3.63, 3.8) is 0 Å². The lowest BCUT2D eigenvalue weighted by Gasteiger charge is -2.41. The summed E-state index contributed by atoms with van der Waals surface area (Å²) in [7, 11) is 1.78. The van der Waals surface area contributed by atoms with Crippen LogP contribution in [0.1, 0.15) is 0 Å². The van der Waals surface area contributed by atoms with Gasteiger partial charge >= 0.3 is 0 Å². The fourth-order valence-corrected chi connectivity index (χ4v) is 2.36. The van der Waals surface area contributed by atoms with Gasteiger partial charge < -0.3 is 15.4 Å².